The SMILES string of the molecule is NC(CO)(CO)CCc1ccc(-c2ccc(-c3cnc[nH]3)cc2)cc1. The molecule has 0 aliphatic carbocycles. The molecule has 0 aliphatic rings. The van der Waals surface area contributed by atoms with Gasteiger partial charge in [-0.25, -0.2) is 4.98 Å². The first-order valence-electron chi connectivity index (χ1n) is 8.32. The molecule has 2 aromatic carbocycles. The normalized spacial score (nSPS) is 11.6. The number of nitrogens with zero attached hydrogens (tertiary/aromatic N) is 1. The van der Waals surface area contributed by atoms with Crippen molar-refractivity contribution in [1.29, 1.82) is 0 Å². The second-order valence-corrected chi connectivity index (χ2v) is 6.42. The highest BCUT2D eigenvalue weighted by molar-refractivity contribution is 5.68. The van der Waals surface area contributed by atoms with Gasteiger partial charge in [-0.05, 0) is 35.1 Å². The summed E-state index contributed by atoms with van der Waals surface area (Å²) in [5, 5.41) is 18.5. The van der Waals surface area contributed by atoms with Gasteiger partial charge in [0.1, 0.15) is 0 Å². The third-order valence-corrected chi connectivity index (χ3v) is 4.52. The minimum absolute atomic E-state index is 0.218. The summed E-state index contributed by atoms with van der Waals surface area (Å²) in [4.78, 5) is 7.14. The van der Waals surface area contributed by atoms with E-state index in [1.807, 2.05) is 0 Å². The summed E-state index contributed by atoms with van der Waals surface area (Å²) in [5.41, 5.74) is 10.5. The highest BCUT2D eigenvalue weighted by Crippen LogP contribution is 2.24. The molecular formula is C20H23N3O2. The van der Waals surface area contributed by atoms with Crippen LogP contribution in [0.15, 0.2) is 61.1 Å². The molecule has 5 heteroatoms. The van der Waals surface area contributed by atoms with Crippen molar-refractivity contribution < 1.29 is 10.2 Å². The molecule has 0 amide bonds. The number of benzene rings is 2. The Labute approximate surface area is 147 Å². The second kappa shape index (κ2) is 7.61. The molecular weight excluding hydrogens is 314 g/mol. The van der Waals surface area contributed by atoms with Crippen LogP contribution in [0.2, 0.25) is 0 Å². The van der Waals surface area contributed by atoms with Crippen molar-refractivity contribution in [3.8, 4) is 22.4 Å². The van der Waals surface area contributed by atoms with E-state index in [1.165, 1.54) is 0 Å². The molecule has 0 aliphatic heterocycles. The Bertz CT molecular complexity index is 777. The largest absolute Gasteiger partial charge is 0.394 e. The number of nitrogens with one attached hydrogen (secondary N) is 1. The molecule has 1 heterocycles. The summed E-state index contributed by atoms with van der Waals surface area (Å²) < 4.78 is 0. The number of hydrogen-bond donors (Lipinski definition) is 4. The Morgan fingerprint density at radius 2 is 1.44 bits per heavy atom. The zero-order valence-corrected chi connectivity index (χ0v) is 14.0. The minimum atomic E-state index is -0.916. The highest BCUT2D eigenvalue weighted by atomic mass is 16.3. The second-order valence-electron chi connectivity index (χ2n) is 6.42. The van der Waals surface area contributed by atoms with Crippen LogP contribution in [0.1, 0.15) is 12.0 Å². The molecule has 0 saturated carbocycles. The number of nitrogens with two attached hydrogens (primary N) is 1. The van der Waals surface area contributed by atoms with Gasteiger partial charge < -0.3 is 20.9 Å². The number of aromatic nitrogens is 2. The van der Waals surface area contributed by atoms with Crippen molar-refractivity contribution in [2.75, 3.05) is 13.2 Å². The lowest BCUT2D eigenvalue weighted by atomic mass is 9.93. The third kappa shape index (κ3) is 4.14. The predicted molar refractivity (Wildman–Crippen MR) is 98.9 cm³/mol. The first-order valence-corrected chi connectivity index (χ1v) is 8.32. The number of H-pyrrole nitrogens is 1. The van der Waals surface area contributed by atoms with E-state index in [0.717, 1.165) is 34.4 Å². The molecule has 5 N–H and O–H groups in total. The molecule has 0 atom stereocenters. The number of rotatable bonds is 7. The number of aryl methyl sites for hydroxylation is 1. The Morgan fingerprint density at radius 1 is 0.880 bits per heavy atom. The first kappa shape index (κ1) is 17.4. The average molecular weight is 337 g/mol. The van der Waals surface area contributed by atoms with Crippen LogP contribution in [0, 0.1) is 0 Å². The van der Waals surface area contributed by atoms with Crippen LogP contribution in [0.5, 0.6) is 0 Å². The quantitative estimate of drug-likeness (QED) is 0.532. The van der Waals surface area contributed by atoms with Crippen LogP contribution >= 0.6 is 0 Å². The van der Waals surface area contributed by atoms with E-state index < -0.39 is 5.54 Å². The Morgan fingerprint density at radius 3 is 1.96 bits per heavy atom. The lowest BCUT2D eigenvalue weighted by molar-refractivity contribution is 0.115. The molecule has 1 aromatic heterocycles. The fourth-order valence-corrected chi connectivity index (χ4v) is 2.72. The maximum absolute atomic E-state index is 9.26. The lowest BCUT2D eigenvalue weighted by Crippen LogP contribution is -2.47. The van der Waals surface area contributed by atoms with Crippen molar-refractivity contribution in [3.05, 3.63) is 66.6 Å². The number of aliphatic hydroxyl groups excluding tert-OH is 2. The van der Waals surface area contributed by atoms with E-state index in [1.54, 1.807) is 12.5 Å². The molecule has 0 saturated heterocycles. The van der Waals surface area contributed by atoms with Gasteiger partial charge in [-0.2, -0.15) is 0 Å². The van der Waals surface area contributed by atoms with Gasteiger partial charge in [0.25, 0.3) is 0 Å². The maximum Gasteiger partial charge on any atom is 0.0924 e. The van der Waals surface area contributed by atoms with Crippen molar-refractivity contribution in [2.24, 2.45) is 5.73 Å². The Kier molecular flexibility index (Phi) is 5.28. The molecule has 0 bridgehead atoms. The predicted octanol–water partition coefficient (Wildman–Crippen LogP) is 2.36. The summed E-state index contributed by atoms with van der Waals surface area (Å²) in [7, 11) is 0. The van der Waals surface area contributed by atoms with E-state index in [2.05, 4.69) is 58.5 Å². The Balaban J connectivity index is 1.68. The topological polar surface area (TPSA) is 95.2 Å². The van der Waals surface area contributed by atoms with E-state index in [0.29, 0.717) is 6.42 Å². The van der Waals surface area contributed by atoms with Gasteiger partial charge in [-0.15, -0.1) is 0 Å². The van der Waals surface area contributed by atoms with Crippen molar-refractivity contribution in [1.82, 2.24) is 9.97 Å². The number of aromatic amines is 1. The Hall–Kier alpha value is -2.47. The van der Waals surface area contributed by atoms with Crippen molar-refractivity contribution >= 4 is 0 Å². The van der Waals surface area contributed by atoms with Crippen molar-refractivity contribution in [2.45, 2.75) is 18.4 Å². The van der Waals surface area contributed by atoms with Gasteiger partial charge in [0.05, 0.1) is 37.0 Å². The smallest absolute Gasteiger partial charge is 0.0924 e. The van der Waals surface area contributed by atoms with Gasteiger partial charge >= 0.3 is 0 Å². The molecule has 5 nitrogen and oxygen atoms in total. The molecule has 3 aromatic rings. The van der Waals surface area contributed by atoms with Gasteiger partial charge in [0.15, 0.2) is 0 Å². The number of hydrogen-bond acceptors (Lipinski definition) is 4. The van der Waals surface area contributed by atoms with Crippen LogP contribution < -0.4 is 5.73 Å². The third-order valence-electron chi connectivity index (χ3n) is 4.52. The van der Waals surface area contributed by atoms with E-state index in [4.69, 9.17) is 5.73 Å². The van der Waals surface area contributed by atoms with Crippen molar-refractivity contribution in [3.63, 3.8) is 0 Å². The van der Waals surface area contributed by atoms with Crippen LogP contribution in [0.4, 0.5) is 0 Å². The van der Waals surface area contributed by atoms with E-state index >= 15 is 0 Å². The molecule has 0 fully saturated rings. The van der Waals surface area contributed by atoms with Gasteiger partial charge in [-0.1, -0.05) is 48.5 Å². The zero-order valence-electron chi connectivity index (χ0n) is 14.0. The summed E-state index contributed by atoms with van der Waals surface area (Å²) in [6.07, 6.45) is 4.74. The number of aliphatic hydroxyl groups is 2. The molecule has 25 heavy (non-hydrogen) atoms. The molecule has 130 valence electrons. The van der Waals surface area contributed by atoms with Crippen LogP contribution in [0.25, 0.3) is 22.4 Å². The molecule has 0 spiro atoms. The summed E-state index contributed by atoms with van der Waals surface area (Å²) in [6.45, 7) is -0.436. The van der Waals surface area contributed by atoms with Crippen LogP contribution in [0.3, 0.4) is 0 Å². The summed E-state index contributed by atoms with van der Waals surface area (Å²) >= 11 is 0. The molecule has 0 radical (unpaired) electrons. The van der Waals surface area contributed by atoms with Crippen LogP contribution in [-0.4, -0.2) is 38.9 Å². The standard InChI is InChI=1S/C20H23N3O2/c21-20(12-24,13-25)10-9-15-1-3-16(4-2-15)17-5-7-18(8-6-17)19-11-22-14-23-19/h1-8,11,14,24-25H,9-10,12-13,21H2,(H,22,23). The van der Waals surface area contributed by atoms with Gasteiger partial charge in [-0.3, -0.25) is 0 Å². The molecule has 3 rings (SSSR count). The fourth-order valence-electron chi connectivity index (χ4n) is 2.72. The zero-order chi connectivity index (χ0) is 17.7. The molecule has 0 unspecified atom stereocenters. The lowest BCUT2D eigenvalue weighted by Gasteiger charge is -2.24. The van der Waals surface area contributed by atoms with E-state index in [9.17, 15) is 10.2 Å². The van der Waals surface area contributed by atoms with E-state index in [-0.39, 0.29) is 13.2 Å². The monoisotopic (exact) mass is 337 g/mol. The minimum Gasteiger partial charge on any atom is -0.394 e. The first-order chi connectivity index (χ1) is 12.1. The fraction of sp³-hybridized carbons (Fsp3) is 0.250. The van der Waals surface area contributed by atoms with Gasteiger partial charge in [0.2, 0.25) is 0 Å². The highest BCUT2D eigenvalue weighted by Gasteiger charge is 2.22. The summed E-state index contributed by atoms with van der Waals surface area (Å²) in [5.74, 6) is 0. The summed E-state index contributed by atoms with van der Waals surface area (Å²) in [6, 6.07) is 16.6. The van der Waals surface area contributed by atoms with Crippen LogP contribution in [-0.2, 0) is 6.42 Å². The average Bonchev–Trinajstić information content (AvgIpc) is 3.21. The maximum atomic E-state index is 9.26. The van der Waals surface area contributed by atoms with Gasteiger partial charge in [0, 0.05) is 0 Å². The number of imidazole rings is 1.